The molecule has 156 valence electrons. The fourth-order valence-electron chi connectivity index (χ4n) is 4.24. The smallest absolute Gasteiger partial charge is 0.142 e. The zero-order chi connectivity index (χ0) is 21.2. The van der Waals surface area contributed by atoms with E-state index in [2.05, 4.69) is 32.2 Å². The molecule has 0 saturated carbocycles. The lowest BCUT2D eigenvalue weighted by Crippen LogP contribution is -2.38. The van der Waals surface area contributed by atoms with E-state index in [0.717, 1.165) is 72.8 Å². The molecule has 0 bridgehead atoms. The van der Waals surface area contributed by atoms with E-state index in [0.29, 0.717) is 5.56 Å². The third-order valence-electron chi connectivity index (χ3n) is 5.80. The molecule has 0 aromatic carbocycles. The van der Waals surface area contributed by atoms with E-state index in [1.807, 2.05) is 40.8 Å². The molecule has 1 aliphatic rings. The standard InChI is InChI=1S/C23H23N7O/c1-28-22(19-15-27-30(16-19)8-7-29-9-11-31-12-10-29)20(18-3-2-5-25-14-18)21-17(13-24)4-6-26-23(21)28/h2-6,14-16H,7-12H2,1H3. The van der Waals surface area contributed by atoms with Gasteiger partial charge in [-0.3, -0.25) is 14.6 Å². The third-order valence-corrected chi connectivity index (χ3v) is 5.80. The highest BCUT2D eigenvalue weighted by Crippen LogP contribution is 2.40. The minimum atomic E-state index is 0.602. The second-order valence-electron chi connectivity index (χ2n) is 7.64. The van der Waals surface area contributed by atoms with Crippen LogP contribution in [0.1, 0.15) is 5.56 Å². The first-order valence-electron chi connectivity index (χ1n) is 10.4. The number of morpholine rings is 1. The lowest BCUT2D eigenvalue weighted by atomic mass is 9.99. The predicted octanol–water partition coefficient (Wildman–Crippen LogP) is 2.70. The summed E-state index contributed by atoms with van der Waals surface area (Å²) in [5, 5.41) is 15.2. The molecule has 1 saturated heterocycles. The van der Waals surface area contributed by atoms with Gasteiger partial charge >= 0.3 is 0 Å². The average molecular weight is 413 g/mol. The maximum Gasteiger partial charge on any atom is 0.142 e. The first-order chi connectivity index (χ1) is 15.3. The summed E-state index contributed by atoms with van der Waals surface area (Å²) < 4.78 is 9.45. The summed E-state index contributed by atoms with van der Waals surface area (Å²) in [6.07, 6.45) is 9.22. The Morgan fingerprint density at radius 3 is 2.74 bits per heavy atom. The van der Waals surface area contributed by atoms with Gasteiger partial charge in [0.1, 0.15) is 5.65 Å². The highest BCUT2D eigenvalue weighted by molar-refractivity contribution is 6.05. The Labute approximate surface area is 180 Å². The molecular formula is C23H23N7O. The summed E-state index contributed by atoms with van der Waals surface area (Å²) in [5.74, 6) is 0. The molecule has 0 amide bonds. The molecule has 8 nitrogen and oxygen atoms in total. The highest BCUT2D eigenvalue weighted by atomic mass is 16.5. The largest absolute Gasteiger partial charge is 0.379 e. The van der Waals surface area contributed by atoms with Crippen molar-refractivity contribution < 1.29 is 4.74 Å². The van der Waals surface area contributed by atoms with Crippen molar-refractivity contribution in [1.82, 2.24) is 29.2 Å². The lowest BCUT2D eigenvalue weighted by molar-refractivity contribution is 0.0360. The second kappa shape index (κ2) is 8.30. The quantitative estimate of drug-likeness (QED) is 0.500. The Kier molecular flexibility index (Phi) is 5.20. The van der Waals surface area contributed by atoms with Crippen molar-refractivity contribution in [1.29, 1.82) is 5.26 Å². The van der Waals surface area contributed by atoms with Crippen molar-refractivity contribution in [3.05, 3.63) is 54.7 Å². The number of rotatable bonds is 5. The molecule has 1 aliphatic heterocycles. The molecule has 5 heterocycles. The molecule has 0 radical (unpaired) electrons. The molecular weight excluding hydrogens is 390 g/mol. The zero-order valence-corrected chi connectivity index (χ0v) is 17.4. The molecule has 0 spiro atoms. The summed E-state index contributed by atoms with van der Waals surface area (Å²) >= 11 is 0. The van der Waals surface area contributed by atoms with E-state index in [9.17, 15) is 5.26 Å². The fraction of sp³-hybridized carbons (Fsp3) is 0.304. The SMILES string of the molecule is Cn1c(-c2cnn(CCN3CCOCC3)c2)c(-c2cccnc2)c2c(C#N)ccnc21. The van der Waals surface area contributed by atoms with Crippen LogP contribution < -0.4 is 0 Å². The van der Waals surface area contributed by atoms with Gasteiger partial charge in [0.15, 0.2) is 0 Å². The Morgan fingerprint density at radius 2 is 1.97 bits per heavy atom. The molecule has 0 atom stereocenters. The second-order valence-corrected chi connectivity index (χ2v) is 7.64. The van der Waals surface area contributed by atoms with Crippen molar-refractivity contribution in [2.45, 2.75) is 6.54 Å². The van der Waals surface area contributed by atoms with Crippen molar-refractivity contribution >= 4 is 11.0 Å². The van der Waals surface area contributed by atoms with Crippen LogP contribution in [0.15, 0.2) is 49.2 Å². The molecule has 31 heavy (non-hydrogen) atoms. The summed E-state index contributed by atoms with van der Waals surface area (Å²) in [6.45, 7) is 5.27. The van der Waals surface area contributed by atoms with Crippen LogP contribution in [-0.4, -0.2) is 62.1 Å². The van der Waals surface area contributed by atoms with Gasteiger partial charge < -0.3 is 9.30 Å². The molecule has 1 fully saturated rings. The maximum atomic E-state index is 9.74. The van der Waals surface area contributed by atoms with E-state index in [-0.39, 0.29) is 0 Å². The molecule has 4 aromatic rings. The van der Waals surface area contributed by atoms with Gasteiger partial charge in [0.05, 0.1) is 43.3 Å². The number of fused-ring (bicyclic) bond motifs is 1. The summed E-state index contributed by atoms with van der Waals surface area (Å²) in [4.78, 5) is 11.3. The van der Waals surface area contributed by atoms with Crippen LogP contribution in [0.2, 0.25) is 0 Å². The molecule has 8 heteroatoms. The first-order valence-corrected chi connectivity index (χ1v) is 10.4. The lowest BCUT2D eigenvalue weighted by Gasteiger charge is -2.26. The van der Waals surface area contributed by atoms with Gasteiger partial charge in [-0.1, -0.05) is 6.07 Å². The first kappa shape index (κ1) is 19.4. The zero-order valence-electron chi connectivity index (χ0n) is 17.4. The Bertz CT molecular complexity index is 1250. The van der Waals surface area contributed by atoms with E-state index < -0.39 is 0 Å². The van der Waals surface area contributed by atoms with Crippen LogP contribution in [-0.2, 0) is 18.3 Å². The number of aryl methyl sites for hydroxylation is 1. The Morgan fingerprint density at radius 1 is 1.10 bits per heavy atom. The number of aromatic nitrogens is 5. The van der Waals surface area contributed by atoms with Crippen molar-refractivity contribution in [2.75, 3.05) is 32.8 Å². The number of hydrogen-bond donors (Lipinski definition) is 0. The average Bonchev–Trinajstić information content (AvgIpc) is 3.41. The number of hydrogen-bond acceptors (Lipinski definition) is 6. The monoisotopic (exact) mass is 413 g/mol. The number of ether oxygens (including phenoxy) is 1. The summed E-state index contributed by atoms with van der Waals surface area (Å²) in [6, 6.07) is 8.01. The summed E-state index contributed by atoms with van der Waals surface area (Å²) in [5.41, 5.74) is 5.26. The number of pyridine rings is 2. The minimum absolute atomic E-state index is 0.602. The Balaban J connectivity index is 1.58. The number of nitrogens with zero attached hydrogens (tertiary/aromatic N) is 7. The predicted molar refractivity (Wildman–Crippen MR) is 117 cm³/mol. The van der Waals surface area contributed by atoms with Crippen LogP contribution in [0.3, 0.4) is 0 Å². The van der Waals surface area contributed by atoms with Crippen LogP contribution in [0.5, 0.6) is 0 Å². The molecule has 0 N–H and O–H groups in total. The van der Waals surface area contributed by atoms with Gasteiger partial charge in [-0.15, -0.1) is 0 Å². The summed E-state index contributed by atoms with van der Waals surface area (Å²) in [7, 11) is 1.98. The highest BCUT2D eigenvalue weighted by Gasteiger charge is 2.22. The van der Waals surface area contributed by atoms with Crippen molar-refractivity contribution in [2.24, 2.45) is 7.05 Å². The molecule has 4 aromatic heterocycles. The van der Waals surface area contributed by atoms with Crippen molar-refractivity contribution in [3.8, 4) is 28.5 Å². The van der Waals surface area contributed by atoms with Gasteiger partial charge in [-0.05, 0) is 12.1 Å². The van der Waals surface area contributed by atoms with Crippen LogP contribution in [0, 0.1) is 11.3 Å². The Hall–Kier alpha value is -3.54. The minimum Gasteiger partial charge on any atom is -0.379 e. The number of nitriles is 1. The third kappa shape index (κ3) is 3.58. The van der Waals surface area contributed by atoms with Crippen molar-refractivity contribution in [3.63, 3.8) is 0 Å². The van der Waals surface area contributed by atoms with E-state index >= 15 is 0 Å². The van der Waals surface area contributed by atoms with Crippen LogP contribution in [0.25, 0.3) is 33.4 Å². The van der Waals surface area contributed by atoms with Gasteiger partial charge in [-0.2, -0.15) is 10.4 Å². The van der Waals surface area contributed by atoms with E-state index in [4.69, 9.17) is 4.74 Å². The van der Waals surface area contributed by atoms with Crippen LogP contribution in [0.4, 0.5) is 0 Å². The molecule has 5 rings (SSSR count). The van der Waals surface area contributed by atoms with E-state index in [1.54, 1.807) is 18.5 Å². The topological polar surface area (TPSA) is 84.8 Å². The normalized spacial score (nSPS) is 14.7. The van der Waals surface area contributed by atoms with E-state index in [1.165, 1.54) is 0 Å². The molecule has 0 unspecified atom stereocenters. The van der Waals surface area contributed by atoms with Gasteiger partial charge in [0.25, 0.3) is 0 Å². The van der Waals surface area contributed by atoms with Gasteiger partial charge in [-0.25, -0.2) is 4.98 Å². The maximum absolute atomic E-state index is 9.74. The van der Waals surface area contributed by atoms with Gasteiger partial charge in [0.2, 0.25) is 0 Å². The van der Waals surface area contributed by atoms with Crippen LogP contribution >= 0.6 is 0 Å². The molecule has 0 aliphatic carbocycles. The van der Waals surface area contributed by atoms with Gasteiger partial charge in [0, 0.05) is 73.5 Å². The fourth-order valence-corrected chi connectivity index (χ4v) is 4.24.